The van der Waals surface area contributed by atoms with Crippen molar-refractivity contribution in [2.45, 2.75) is 96.4 Å². The van der Waals surface area contributed by atoms with Crippen LogP contribution in [0.2, 0.25) is 0 Å². The number of allylic oxidation sites excluding steroid dienone is 1. The number of carbonyl (C=O) groups excluding carboxylic acids is 3. The summed E-state index contributed by atoms with van der Waals surface area (Å²) in [6, 6.07) is 9.58. The Morgan fingerprint density at radius 2 is 1.68 bits per heavy atom. The van der Waals surface area contributed by atoms with Gasteiger partial charge in [-0.2, -0.15) is 0 Å². The van der Waals surface area contributed by atoms with Gasteiger partial charge in [-0.15, -0.1) is 0 Å². The third-order valence-corrected chi connectivity index (χ3v) is 10.6. The van der Waals surface area contributed by atoms with Gasteiger partial charge in [0.25, 0.3) is 0 Å². The number of ether oxygens (including phenoxy) is 2. The molecule has 44 heavy (non-hydrogen) atoms. The number of carbonyl (C=O) groups is 3. The van der Waals surface area contributed by atoms with E-state index in [0.717, 1.165) is 5.56 Å². The molecular formula is C34H48INO8. The highest BCUT2D eigenvalue weighted by Crippen LogP contribution is 2.60. The number of benzene rings is 1. The van der Waals surface area contributed by atoms with Crippen LogP contribution in [0.15, 0.2) is 53.6 Å². The van der Waals surface area contributed by atoms with Gasteiger partial charge in [-0.05, 0) is 36.5 Å². The van der Waals surface area contributed by atoms with Crippen molar-refractivity contribution in [3.63, 3.8) is 0 Å². The molecule has 0 heterocycles. The second-order valence-corrected chi connectivity index (χ2v) is 14.4. The summed E-state index contributed by atoms with van der Waals surface area (Å²) in [7, 11) is 6.04. The van der Waals surface area contributed by atoms with Crippen molar-refractivity contribution in [1.29, 1.82) is 0 Å². The number of halogens is 1. The lowest BCUT2D eigenvalue weighted by Crippen LogP contribution is -3.00. The minimum absolute atomic E-state index is 0. The molecule has 9 nitrogen and oxygen atoms in total. The van der Waals surface area contributed by atoms with E-state index in [0.29, 0.717) is 22.1 Å². The number of aliphatic hydroxyl groups is 3. The molecule has 3 N–H and O–H groups in total. The van der Waals surface area contributed by atoms with Crippen molar-refractivity contribution in [2.24, 2.45) is 16.7 Å². The van der Waals surface area contributed by atoms with Gasteiger partial charge in [-0.3, -0.25) is 14.4 Å². The number of hydrogen-bond acceptors (Lipinski definition) is 8. The fraction of sp³-hybridized carbons (Fsp3) is 0.618. The summed E-state index contributed by atoms with van der Waals surface area (Å²) in [5.74, 6) is -2.43. The Morgan fingerprint density at radius 3 is 2.23 bits per heavy atom. The number of fused-ring (bicyclic) bond motifs is 3. The molecule has 2 saturated carbocycles. The molecule has 1 aromatic rings. The highest BCUT2D eigenvalue weighted by Gasteiger charge is 2.67. The Kier molecular flexibility index (Phi) is 10.4. The van der Waals surface area contributed by atoms with Gasteiger partial charge in [0.2, 0.25) is 0 Å². The van der Waals surface area contributed by atoms with Crippen molar-refractivity contribution < 1.29 is 67.6 Å². The van der Waals surface area contributed by atoms with Crippen molar-refractivity contribution >= 4 is 17.7 Å². The van der Waals surface area contributed by atoms with Crippen LogP contribution in [-0.2, 0) is 23.9 Å². The predicted octanol–water partition coefficient (Wildman–Crippen LogP) is 0.426. The molecule has 1 aromatic carbocycles. The average Bonchev–Trinajstić information content (AvgIpc) is 2.90. The summed E-state index contributed by atoms with van der Waals surface area (Å²) in [4.78, 5) is 39.0. The van der Waals surface area contributed by atoms with E-state index in [-0.39, 0.29) is 54.9 Å². The zero-order chi connectivity index (χ0) is 32.3. The zero-order valence-corrected chi connectivity index (χ0v) is 29.3. The van der Waals surface area contributed by atoms with Crippen LogP contribution in [-0.4, -0.2) is 88.7 Å². The number of ketones is 1. The van der Waals surface area contributed by atoms with E-state index in [2.05, 4.69) is 6.58 Å². The van der Waals surface area contributed by atoms with Gasteiger partial charge in [0, 0.05) is 35.7 Å². The van der Waals surface area contributed by atoms with Gasteiger partial charge < -0.3 is 53.3 Å². The van der Waals surface area contributed by atoms with Gasteiger partial charge in [0.1, 0.15) is 36.4 Å². The fourth-order valence-corrected chi connectivity index (χ4v) is 7.98. The number of esters is 2. The van der Waals surface area contributed by atoms with Crippen molar-refractivity contribution in [1.82, 2.24) is 0 Å². The van der Waals surface area contributed by atoms with E-state index in [9.17, 15) is 29.7 Å². The van der Waals surface area contributed by atoms with Crippen molar-refractivity contribution in [2.75, 3.05) is 21.1 Å². The first-order chi connectivity index (χ1) is 19.8. The van der Waals surface area contributed by atoms with Crippen LogP contribution in [0.25, 0.3) is 0 Å². The van der Waals surface area contributed by atoms with Crippen LogP contribution in [0, 0.1) is 16.7 Å². The van der Waals surface area contributed by atoms with E-state index in [1.54, 1.807) is 27.7 Å². The van der Waals surface area contributed by atoms with Gasteiger partial charge in [0.05, 0.1) is 27.2 Å². The smallest absolute Gasteiger partial charge is 0.312 e. The summed E-state index contributed by atoms with van der Waals surface area (Å²) >= 11 is 0. The highest BCUT2D eigenvalue weighted by atomic mass is 127. The van der Waals surface area contributed by atoms with Crippen LogP contribution in [0.1, 0.15) is 71.9 Å². The minimum Gasteiger partial charge on any atom is -1.00 e. The molecule has 2 fully saturated rings. The van der Waals surface area contributed by atoms with Gasteiger partial charge >= 0.3 is 11.9 Å². The van der Waals surface area contributed by atoms with Gasteiger partial charge in [0.15, 0.2) is 5.78 Å². The summed E-state index contributed by atoms with van der Waals surface area (Å²) in [6.45, 7) is 12.3. The second-order valence-electron chi connectivity index (χ2n) is 14.4. The SMILES string of the molecule is C=C1[C@@H](OC(=O)CC(c2ccccc2)[N+](C)(C)C)CC[C@@]2(C)[C@@H](OC(C)=O)[C@H](O)C3=C(C)C(=O)C[C@@](O)([C@@H](O)[C@H]12)C3(C)C.[I-]. The highest BCUT2D eigenvalue weighted by molar-refractivity contribution is 5.98. The number of hydrogen-bond donors (Lipinski definition) is 3. The standard InChI is InChI=1S/C34H48NO8.HI/c1-19-24(37)18-34(41)30(40)28-20(2)25(43-26(38)17-23(35(7,8)9)22-13-11-10-12-14-22)15-16-33(28,6)31(42-21(3)36)29(39)27(19)32(34,4)5;/h10-14,23,25,28-31,39-41H,2,15-18H2,1,3-9H3;1H/q+1;/p-1/t23?,25-,28-,29+,30-,31-,33+,34+;/m0./s1. The van der Waals surface area contributed by atoms with Crippen LogP contribution >= 0.6 is 0 Å². The molecule has 244 valence electrons. The Balaban J connectivity index is 0.00000529. The molecule has 0 amide bonds. The van der Waals surface area contributed by atoms with E-state index in [4.69, 9.17) is 9.47 Å². The van der Waals surface area contributed by atoms with Gasteiger partial charge in [-0.1, -0.05) is 57.7 Å². The maximum absolute atomic E-state index is 13.5. The van der Waals surface area contributed by atoms with Crippen molar-refractivity contribution in [3.8, 4) is 0 Å². The molecule has 2 bridgehead atoms. The second kappa shape index (κ2) is 12.6. The lowest BCUT2D eigenvalue weighted by molar-refractivity contribution is -0.901. The molecule has 3 aliphatic carbocycles. The summed E-state index contributed by atoms with van der Waals surface area (Å²) in [5.41, 5.74) is -2.43. The zero-order valence-electron chi connectivity index (χ0n) is 27.1. The number of quaternary nitrogens is 1. The molecule has 3 aliphatic rings. The maximum Gasteiger partial charge on any atom is 0.312 e. The molecule has 4 rings (SSSR count). The van der Waals surface area contributed by atoms with Crippen LogP contribution in [0.5, 0.6) is 0 Å². The van der Waals surface area contributed by atoms with E-state index in [1.165, 1.54) is 6.92 Å². The number of Topliss-reactive ketones (excluding diaryl/α,β-unsaturated/α-hetero) is 1. The quantitative estimate of drug-likeness (QED) is 0.167. The third-order valence-electron chi connectivity index (χ3n) is 10.6. The first kappa shape index (κ1) is 36.3. The number of nitrogens with zero attached hydrogens (tertiary/aromatic N) is 1. The van der Waals surface area contributed by atoms with E-state index < -0.39 is 64.5 Å². The molecular weight excluding hydrogens is 677 g/mol. The molecule has 8 atom stereocenters. The van der Waals surface area contributed by atoms with Crippen LogP contribution < -0.4 is 24.0 Å². The van der Waals surface area contributed by atoms with Crippen LogP contribution in [0.4, 0.5) is 0 Å². The summed E-state index contributed by atoms with van der Waals surface area (Å²) in [6.07, 6.45) is -4.55. The summed E-state index contributed by atoms with van der Waals surface area (Å²) in [5, 5.41) is 36.1. The van der Waals surface area contributed by atoms with E-state index >= 15 is 0 Å². The molecule has 10 heteroatoms. The molecule has 0 saturated heterocycles. The minimum atomic E-state index is -1.97. The lowest BCUT2D eigenvalue weighted by Gasteiger charge is -2.61. The fourth-order valence-electron chi connectivity index (χ4n) is 7.98. The number of rotatable bonds is 6. The normalized spacial score (nSPS) is 34.1. The average molecular weight is 726 g/mol. The largest absolute Gasteiger partial charge is 1.00 e. The Morgan fingerprint density at radius 1 is 1.09 bits per heavy atom. The summed E-state index contributed by atoms with van der Waals surface area (Å²) < 4.78 is 12.3. The predicted molar refractivity (Wildman–Crippen MR) is 160 cm³/mol. The van der Waals surface area contributed by atoms with Crippen molar-refractivity contribution in [3.05, 3.63) is 59.2 Å². The van der Waals surface area contributed by atoms with Crippen LogP contribution in [0.3, 0.4) is 0 Å². The molecule has 0 aliphatic heterocycles. The number of aliphatic hydroxyl groups excluding tert-OH is 2. The Bertz CT molecular complexity index is 1330. The van der Waals surface area contributed by atoms with Gasteiger partial charge in [-0.25, -0.2) is 0 Å². The monoisotopic (exact) mass is 725 g/mol. The maximum atomic E-state index is 13.5. The van der Waals surface area contributed by atoms with E-state index in [1.807, 2.05) is 51.5 Å². The molecule has 1 unspecified atom stereocenters. The molecule has 0 radical (unpaired) electrons. The lowest BCUT2D eigenvalue weighted by atomic mass is 9.48. The Hall–Kier alpha value is -2.12. The first-order valence-electron chi connectivity index (χ1n) is 15.0. The molecule has 0 aromatic heterocycles. The third kappa shape index (κ3) is 6.04. The first-order valence-corrected chi connectivity index (χ1v) is 15.0. The molecule has 0 spiro atoms. The Labute approximate surface area is 277 Å². The topological polar surface area (TPSA) is 130 Å².